The highest BCUT2D eigenvalue weighted by Crippen LogP contribution is 2.46. The van der Waals surface area contributed by atoms with Crippen molar-refractivity contribution < 1.29 is 0 Å². The Balaban J connectivity index is 1.71. The molecule has 3 aliphatic rings. The van der Waals surface area contributed by atoms with E-state index in [0.29, 0.717) is 0 Å². The van der Waals surface area contributed by atoms with Gasteiger partial charge in [-0.1, -0.05) is 6.92 Å². The Hall–Kier alpha value is -0.0800. The average Bonchev–Trinajstić information content (AvgIpc) is 2.85. The molecule has 2 heteroatoms. The van der Waals surface area contributed by atoms with Gasteiger partial charge in [-0.25, -0.2) is 0 Å². The summed E-state index contributed by atoms with van der Waals surface area (Å²) in [5.41, 5.74) is 0. The van der Waals surface area contributed by atoms with Crippen molar-refractivity contribution in [1.29, 1.82) is 0 Å². The van der Waals surface area contributed by atoms with Crippen molar-refractivity contribution in [3.63, 3.8) is 0 Å². The molecule has 14 heavy (non-hydrogen) atoms. The van der Waals surface area contributed by atoms with Gasteiger partial charge in [0.05, 0.1) is 0 Å². The quantitative estimate of drug-likeness (QED) is 0.718. The van der Waals surface area contributed by atoms with E-state index in [-0.39, 0.29) is 0 Å². The number of nitrogens with zero attached hydrogens (tertiary/aromatic N) is 1. The SMILES string of the molecule is CNC1CC2CCC(C1)N2C1CC1C. The molecule has 1 N–H and O–H groups in total. The molecule has 0 aromatic carbocycles. The van der Waals surface area contributed by atoms with E-state index in [1.807, 2.05) is 0 Å². The van der Waals surface area contributed by atoms with Crippen molar-refractivity contribution in [2.45, 2.75) is 63.2 Å². The molecule has 2 nitrogen and oxygen atoms in total. The van der Waals surface area contributed by atoms with Gasteiger partial charge in [0, 0.05) is 24.2 Å². The van der Waals surface area contributed by atoms with Crippen LogP contribution in [0.4, 0.5) is 0 Å². The highest BCUT2D eigenvalue weighted by atomic mass is 15.3. The van der Waals surface area contributed by atoms with E-state index in [2.05, 4.69) is 24.2 Å². The molecule has 3 fully saturated rings. The van der Waals surface area contributed by atoms with Crippen molar-refractivity contribution in [1.82, 2.24) is 10.2 Å². The molecule has 4 unspecified atom stereocenters. The zero-order chi connectivity index (χ0) is 9.71. The van der Waals surface area contributed by atoms with Crippen LogP contribution in [0.5, 0.6) is 0 Å². The van der Waals surface area contributed by atoms with Crippen LogP contribution in [0.1, 0.15) is 39.0 Å². The molecule has 0 amide bonds. The van der Waals surface area contributed by atoms with Crippen LogP contribution in [-0.2, 0) is 0 Å². The van der Waals surface area contributed by atoms with E-state index in [1.54, 1.807) is 0 Å². The molecule has 2 bridgehead atoms. The lowest BCUT2D eigenvalue weighted by molar-refractivity contribution is 0.106. The summed E-state index contributed by atoms with van der Waals surface area (Å²) >= 11 is 0. The zero-order valence-corrected chi connectivity index (χ0v) is 9.37. The van der Waals surface area contributed by atoms with Crippen molar-refractivity contribution in [2.24, 2.45) is 5.92 Å². The van der Waals surface area contributed by atoms with Crippen LogP contribution >= 0.6 is 0 Å². The van der Waals surface area contributed by atoms with E-state index in [1.165, 1.54) is 32.1 Å². The molecule has 80 valence electrons. The van der Waals surface area contributed by atoms with Gasteiger partial charge in [0.1, 0.15) is 0 Å². The molecule has 2 heterocycles. The number of rotatable bonds is 2. The molecular weight excluding hydrogens is 172 g/mol. The Bertz CT molecular complexity index is 214. The third-order valence-electron chi connectivity index (χ3n) is 4.65. The molecule has 0 radical (unpaired) electrons. The van der Waals surface area contributed by atoms with Gasteiger partial charge in [0.15, 0.2) is 0 Å². The third-order valence-corrected chi connectivity index (χ3v) is 4.65. The maximum atomic E-state index is 3.47. The van der Waals surface area contributed by atoms with Crippen LogP contribution in [0, 0.1) is 5.92 Å². The fraction of sp³-hybridized carbons (Fsp3) is 1.00. The second-order valence-corrected chi connectivity index (χ2v) is 5.57. The first-order chi connectivity index (χ1) is 6.79. The van der Waals surface area contributed by atoms with Gasteiger partial charge in [-0.15, -0.1) is 0 Å². The van der Waals surface area contributed by atoms with Crippen molar-refractivity contribution in [2.75, 3.05) is 7.05 Å². The maximum absolute atomic E-state index is 3.47. The second kappa shape index (κ2) is 3.21. The summed E-state index contributed by atoms with van der Waals surface area (Å²) < 4.78 is 0. The van der Waals surface area contributed by atoms with Gasteiger partial charge in [-0.2, -0.15) is 0 Å². The average molecular weight is 194 g/mol. The summed E-state index contributed by atoms with van der Waals surface area (Å²) in [6.45, 7) is 2.41. The monoisotopic (exact) mass is 194 g/mol. The highest BCUT2D eigenvalue weighted by Gasteiger charge is 2.49. The van der Waals surface area contributed by atoms with Crippen LogP contribution < -0.4 is 5.32 Å². The van der Waals surface area contributed by atoms with E-state index >= 15 is 0 Å². The lowest BCUT2D eigenvalue weighted by Gasteiger charge is -2.39. The Morgan fingerprint density at radius 1 is 1.07 bits per heavy atom. The summed E-state index contributed by atoms with van der Waals surface area (Å²) in [5, 5.41) is 3.47. The number of hydrogen-bond donors (Lipinski definition) is 1. The predicted octanol–water partition coefficient (Wildman–Crippen LogP) is 1.61. The van der Waals surface area contributed by atoms with Crippen LogP contribution in [0.2, 0.25) is 0 Å². The lowest BCUT2D eigenvalue weighted by atomic mass is 9.97. The van der Waals surface area contributed by atoms with Crippen molar-refractivity contribution >= 4 is 0 Å². The third kappa shape index (κ3) is 1.31. The number of fused-ring (bicyclic) bond motifs is 2. The molecule has 2 aliphatic heterocycles. The summed E-state index contributed by atoms with van der Waals surface area (Å²) in [6.07, 6.45) is 7.20. The predicted molar refractivity (Wildman–Crippen MR) is 58.3 cm³/mol. The van der Waals surface area contributed by atoms with E-state index < -0.39 is 0 Å². The maximum Gasteiger partial charge on any atom is 0.0130 e. The second-order valence-electron chi connectivity index (χ2n) is 5.57. The first-order valence-electron chi connectivity index (χ1n) is 6.24. The van der Waals surface area contributed by atoms with E-state index in [9.17, 15) is 0 Å². The van der Waals surface area contributed by atoms with Crippen LogP contribution in [0.15, 0.2) is 0 Å². The topological polar surface area (TPSA) is 15.3 Å². The molecule has 0 aromatic rings. The highest BCUT2D eigenvalue weighted by molar-refractivity contribution is 5.05. The Morgan fingerprint density at radius 2 is 1.64 bits per heavy atom. The molecule has 4 atom stereocenters. The molecular formula is C12H22N2. The standard InChI is InChI=1S/C12H22N2/c1-8-5-12(8)14-10-3-4-11(14)7-9(6-10)13-2/h8-13H,3-7H2,1-2H3. The summed E-state index contributed by atoms with van der Waals surface area (Å²) in [6, 6.07) is 3.60. The summed E-state index contributed by atoms with van der Waals surface area (Å²) in [7, 11) is 2.12. The molecule has 2 saturated heterocycles. The van der Waals surface area contributed by atoms with Crippen molar-refractivity contribution in [3.8, 4) is 0 Å². The van der Waals surface area contributed by atoms with Crippen LogP contribution in [0.25, 0.3) is 0 Å². The minimum absolute atomic E-state index is 0.804. The van der Waals surface area contributed by atoms with Crippen LogP contribution in [0.3, 0.4) is 0 Å². The van der Waals surface area contributed by atoms with Crippen molar-refractivity contribution in [3.05, 3.63) is 0 Å². The zero-order valence-electron chi connectivity index (χ0n) is 9.37. The number of hydrogen-bond acceptors (Lipinski definition) is 2. The van der Waals surface area contributed by atoms with Gasteiger partial charge in [-0.05, 0) is 45.1 Å². The van der Waals surface area contributed by atoms with Gasteiger partial charge in [0.25, 0.3) is 0 Å². The van der Waals surface area contributed by atoms with Gasteiger partial charge < -0.3 is 5.32 Å². The molecule has 0 spiro atoms. The Morgan fingerprint density at radius 3 is 2.07 bits per heavy atom. The molecule has 3 rings (SSSR count). The molecule has 1 saturated carbocycles. The van der Waals surface area contributed by atoms with Gasteiger partial charge in [-0.3, -0.25) is 4.90 Å². The van der Waals surface area contributed by atoms with Gasteiger partial charge >= 0.3 is 0 Å². The summed E-state index contributed by atoms with van der Waals surface area (Å²) in [4.78, 5) is 2.87. The molecule has 1 aliphatic carbocycles. The Labute approximate surface area is 87.0 Å². The lowest BCUT2D eigenvalue weighted by Crippen LogP contribution is -2.49. The van der Waals surface area contributed by atoms with E-state index in [0.717, 1.165) is 30.1 Å². The fourth-order valence-electron chi connectivity index (χ4n) is 3.71. The minimum Gasteiger partial charge on any atom is -0.317 e. The smallest absolute Gasteiger partial charge is 0.0130 e. The number of nitrogens with one attached hydrogen (secondary N) is 1. The van der Waals surface area contributed by atoms with E-state index in [4.69, 9.17) is 0 Å². The summed E-state index contributed by atoms with van der Waals surface area (Å²) in [5.74, 6) is 0.990. The minimum atomic E-state index is 0.804. The fourth-order valence-corrected chi connectivity index (χ4v) is 3.71. The van der Waals surface area contributed by atoms with Crippen LogP contribution in [-0.4, -0.2) is 36.1 Å². The normalized spacial score (nSPS) is 52.3. The first-order valence-corrected chi connectivity index (χ1v) is 6.24. The first kappa shape index (κ1) is 9.17. The van der Waals surface area contributed by atoms with Gasteiger partial charge in [0.2, 0.25) is 0 Å². The molecule has 0 aromatic heterocycles. The largest absolute Gasteiger partial charge is 0.317 e. The Kier molecular flexibility index (Phi) is 2.10. The number of piperidine rings is 1.